The molecule has 3 nitrogen and oxygen atoms in total. The average molecular weight is 343 g/mol. The van der Waals surface area contributed by atoms with E-state index in [-0.39, 0.29) is 0 Å². The molecule has 4 heteroatoms. The molecule has 1 aromatic rings. The van der Waals surface area contributed by atoms with E-state index in [0.717, 1.165) is 35.1 Å². The summed E-state index contributed by atoms with van der Waals surface area (Å²) < 4.78 is 1.17. The van der Waals surface area contributed by atoms with Crippen molar-refractivity contribution < 1.29 is 0 Å². The highest BCUT2D eigenvalue weighted by Crippen LogP contribution is 2.55. The Labute approximate surface area is 116 Å². The number of hydrogen-bond acceptors (Lipinski definition) is 3. The van der Waals surface area contributed by atoms with Gasteiger partial charge in [0.15, 0.2) is 0 Å². The van der Waals surface area contributed by atoms with Gasteiger partial charge in [-0.1, -0.05) is 6.92 Å². The summed E-state index contributed by atoms with van der Waals surface area (Å²) >= 11 is 2.35. The molecule has 3 rings (SSSR count). The van der Waals surface area contributed by atoms with E-state index in [9.17, 15) is 0 Å². The maximum absolute atomic E-state index is 4.55. The zero-order valence-electron chi connectivity index (χ0n) is 10.5. The molecule has 2 fully saturated rings. The van der Waals surface area contributed by atoms with Gasteiger partial charge in [-0.15, -0.1) is 0 Å². The van der Waals surface area contributed by atoms with E-state index in [1.807, 2.05) is 6.92 Å². The largest absolute Gasteiger partial charge is 0.366 e. The van der Waals surface area contributed by atoms with Crippen LogP contribution in [0.15, 0.2) is 0 Å². The number of fused-ring (bicyclic) bond motifs is 1. The average Bonchev–Trinajstić information content (AvgIpc) is 2.98. The van der Waals surface area contributed by atoms with Crippen LogP contribution in [0.4, 0.5) is 5.82 Å². The Morgan fingerprint density at radius 2 is 1.94 bits per heavy atom. The van der Waals surface area contributed by atoms with Crippen LogP contribution in [0.1, 0.15) is 31.3 Å². The van der Waals surface area contributed by atoms with Crippen molar-refractivity contribution in [1.82, 2.24) is 9.97 Å². The fraction of sp³-hybridized carbons (Fsp3) is 0.692. The third-order valence-corrected chi connectivity index (χ3v) is 5.51. The molecule has 1 N–H and O–H groups in total. The van der Waals surface area contributed by atoms with Crippen LogP contribution in [0.5, 0.6) is 0 Å². The first-order chi connectivity index (χ1) is 8.06. The van der Waals surface area contributed by atoms with E-state index >= 15 is 0 Å². The van der Waals surface area contributed by atoms with Crippen LogP contribution in [0, 0.1) is 35.2 Å². The number of halogens is 1. The Morgan fingerprint density at radius 3 is 2.53 bits per heavy atom. The molecule has 92 valence electrons. The standard InChI is InChI=1S/C13H18IN3/c1-6-4-11(10-5-9(6)10)17-13-12(14)7(2)15-8(3)16-13/h6,9-11H,4-5H2,1-3H3,(H,15,16,17)/t6-,9-,10-,11-/m0/s1. The van der Waals surface area contributed by atoms with Gasteiger partial charge in [0.05, 0.1) is 9.26 Å². The van der Waals surface area contributed by atoms with Gasteiger partial charge in [0.2, 0.25) is 0 Å². The molecule has 1 aromatic heterocycles. The zero-order chi connectivity index (χ0) is 12.2. The first-order valence-corrected chi connectivity index (χ1v) is 7.41. The van der Waals surface area contributed by atoms with Crippen LogP contribution in [0.3, 0.4) is 0 Å². The normalized spacial score (nSPS) is 34.6. The van der Waals surface area contributed by atoms with Crippen molar-refractivity contribution in [3.8, 4) is 0 Å². The highest BCUT2D eigenvalue weighted by molar-refractivity contribution is 14.1. The van der Waals surface area contributed by atoms with Crippen LogP contribution in [-0.4, -0.2) is 16.0 Å². The third-order valence-electron chi connectivity index (χ3n) is 4.22. The van der Waals surface area contributed by atoms with Crippen molar-refractivity contribution in [3.05, 3.63) is 15.1 Å². The van der Waals surface area contributed by atoms with Crippen LogP contribution in [0.25, 0.3) is 0 Å². The van der Waals surface area contributed by atoms with E-state index in [0.29, 0.717) is 6.04 Å². The minimum absolute atomic E-state index is 0.636. The Balaban J connectivity index is 1.81. The molecule has 2 saturated carbocycles. The van der Waals surface area contributed by atoms with E-state index in [4.69, 9.17) is 0 Å². The predicted octanol–water partition coefficient (Wildman–Crippen LogP) is 3.15. The molecular weight excluding hydrogens is 325 g/mol. The smallest absolute Gasteiger partial charge is 0.143 e. The van der Waals surface area contributed by atoms with Crippen molar-refractivity contribution in [2.75, 3.05) is 5.32 Å². The first-order valence-electron chi connectivity index (χ1n) is 6.33. The third kappa shape index (κ3) is 2.04. The van der Waals surface area contributed by atoms with Gasteiger partial charge < -0.3 is 5.32 Å². The van der Waals surface area contributed by atoms with Gasteiger partial charge in [-0.2, -0.15) is 0 Å². The van der Waals surface area contributed by atoms with Gasteiger partial charge >= 0.3 is 0 Å². The second-order valence-electron chi connectivity index (χ2n) is 5.55. The topological polar surface area (TPSA) is 37.8 Å². The van der Waals surface area contributed by atoms with Crippen molar-refractivity contribution in [2.45, 2.75) is 39.7 Å². The molecular formula is C13H18IN3. The fourth-order valence-corrected chi connectivity index (χ4v) is 3.64. The second-order valence-corrected chi connectivity index (χ2v) is 6.62. The number of nitrogens with one attached hydrogen (secondary N) is 1. The van der Waals surface area contributed by atoms with Gasteiger partial charge in [0, 0.05) is 6.04 Å². The Morgan fingerprint density at radius 1 is 1.18 bits per heavy atom. The number of anilines is 1. The maximum Gasteiger partial charge on any atom is 0.143 e. The number of aromatic nitrogens is 2. The Kier molecular flexibility index (Phi) is 2.80. The highest BCUT2D eigenvalue weighted by atomic mass is 127. The molecule has 0 saturated heterocycles. The molecule has 0 aliphatic heterocycles. The molecule has 1 heterocycles. The molecule has 4 atom stereocenters. The van der Waals surface area contributed by atoms with Crippen molar-refractivity contribution in [3.63, 3.8) is 0 Å². The Hall–Kier alpha value is -0.390. The molecule has 0 spiro atoms. The highest BCUT2D eigenvalue weighted by Gasteiger charge is 2.52. The van der Waals surface area contributed by atoms with Crippen molar-refractivity contribution >= 4 is 28.4 Å². The SMILES string of the molecule is Cc1nc(C)c(I)c(N[C@H]2C[C@H](C)[C@@H]3C[C@@H]32)n1. The number of aryl methyl sites for hydroxylation is 2. The maximum atomic E-state index is 4.55. The summed E-state index contributed by atoms with van der Waals surface area (Å²) in [6.07, 6.45) is 2.71. The molecule has 0 bridgehead atoms. The number of hydrogen-bond donors (Lipinski definition) is 1. The van der Waals surface area contributed by atoms with Crippen LogP contribution in [-0.2, 0) is 0 Å². The summed E-state index contributed by atoms with van der Waals surface area (Å²) in [7, 11) is 0. The molecule has 0 aromatic carbocycles. The minimum Gasteiger partial charge on any atom is -0.366 e. The summed E-state index contributed by atoms with van der Waals surface area (Å²) in [6, 6.07) is 0.636. The zero-order valence-corrected chi connectivity index (χ0v) is 12.7. The monoisotopic (exact) mass is 343 g/mol. The molecule has 17 heavy (non-hydrogen) atoms. The van der Waals surface area contributed by atoms with E-state index in [1.54, 1.807) is 0 Å². The fourth-order valence-electron chi connectivity index (χ4n) is 3.24. The number of nitrogens with zero attached hydrogens (tertiary/aromatic N) is 2. The van der Waals surface area contributed by atoms with E-state index in [1.165, 1.54) is 16.4 Å². The van der Waals surface area contributed by atoms with E-state index in [2.05, 4.69) is 51.7 Å². The summed E-state index contributed by atoms with van der Waals surface area (Å²) in [6.45, 7) is 6.40. The number of rotatable bonds is 2. The van der Waals surface area contributed by atoms with Crippen LogP contribution < -0.4 is 5.32 Å². The van der Waals surface area contributed by atoms with Gasteiger partial charge in [0.1, 0.15) is 11.6 Å². The van der Waals surface area contributed by atoms with Crippen LogP contribution in [0.2, 0.25) is 0 Å². The van der Waals surface area contributed by atoms with Gasteiger partial charge in [-0.05, 0) is 67.0 Å². The molecule has 2 aliphatic rings. The van der Waals surface area contributed by atoms with Gasteiger partial charge in [0.25, 0.3) is 0 Å². The summed E-state index contributed by atoms with van der Waals surface area (Å²) in [5.74, 6) is 4.67. The van der Waals surface area contributed by atoms with Crippen LogP contribution >= 0.6 is 22.6 Å². The van der Waals surface area contributed by atoms with Gasteiger partial charge in [-0.25, -0.2) is 9.97 Å². The lowest BCUT2D eigenvalue weighted by Gasteiger charge is -2.18. The molecule has 0 radical (unpaired) electrons. The lowest BCUT2D eigenvalue weighted by molar-refractivity contribution is 0.514. The minimum atomic E-state index is 0.636. The molecule has 2 aliphatic carbocycles. The summed E-state index contributed by atoms with van der Waals surface area (Å²) in [5.41, 5.74) is 1.08. The van der Waals surface area contributed by atoms with Crippen molar-refractivity contribution in [1.29, 1.82) is 0 Å². The molecule has 0 amide bonds. The Bertz CT molecular complexity index is 460. The summed E-state index contributed by atoms with van der Waals surface area (Å²) in [5, 5.41) is 3.65. The quantitative estimate of drug-likeness (QED) is 0.839. The molecule has 0 unspecified atom stereocenters. The predicted molar refractivity (Wildman–Crippen MR) is 77.0 cm³/mol. The lowest BCUT2D eigenvalue weighted by atomic mass is 10.0. The summed E-state index contributed by atoms with van der Waals surface area (Å²) in [4.78, 5) is 8.94. The van der Waals surface area contributed by atoms with Crippen molar-refractivity contribution in [2.24, 2.45) is 17.8 Å². The second kappa shape index (κ2) is 4.07. The lowest BCUT2D eigenvalue weighted by Crippen LogP contribution is -2.22. The van der Waals surface area contributed by atoms with E-state index < -0.39 is 0 Å². The first kappa shape index (κ1) is 11.7. The van der Waals surface area contributed by atoms with Gasteiger partial charge in [-0.3, -0.25) is 0 Å².